The molecule has 1 N–H and O–H groups in total. The summed E-state index contributed by atoms with van der Waals surface area (Å²) in [6.07, 6.45) is 0.844. The summed E-state index contributed by atoms with van der Waals surface area (Å²) in [6, 6.07) is 12.7. The highest BCUT2D eigenvalue weighted by Crippen LogP contribution is 2.26. The van der Waals surface area contributed by atoms with Gasteiger partial charge in [-0.1, -0.05) is 41.9 Å². The second-order valence-electron chi connectivity index (χ2n) is 7.45. The van der Waals surface area contributed by atoms with Gasteiger partial charge in [0, 0.05) is 34.1 Å². The fourth-order valence-electron chi connectivity index (χ4n) is 3.84. The third kappa shape index (κ3) is 4.58. The Morgan fingerprint density at radius 2 is 1.80 bits per heavy atom. The summed E-state index contributed by atoms with van der Waals surface area (Å²) in [5, 5.41) is 15.5. The highest BCUT2D eigenvalue weighted by Gasteiger charge is 2.20. The molecule has 30 heavy (non-hydrogen) atoms. The van der Waals surface area contributed by atoms with Gasteiger partial charge in [0.05, 0.1) is 12.5 Å². The van der Waals surface area contributed by atoms with Gasteiger partial charge in [0.2, 0.25) is 0 Å². The molecule has 6 heteroatoms. The molecule has 0 amide bonds. The van der Waals surface area contributed by atoms with Crippen LogP contribution in [0.25, 0.3) is 0 Å². The molecule has 0 saturated carbocycles. The first kappa shape index (κ1) is 22.1. The maximum absolute atomic E-state index is 14.3. The number of carbonyl (C=O) groups is 1. The molecule has 0 bridgehead atoms. The SMILES string of the molecule is Cc1ccccc1CCNCc1c(C(=O)[O-])c(C)n(Cc2c(F)cccc2Cl)c1C. The second-order valence-corrected chi connectivity index (χ2v) is 7.86. The zero-order chi connectivity index (χ0) is 21.8. The fourth-order valence-corrected chi connectivity index (χ4v) is 4.06. The molecule has 1 aromatic heterocycles. The van der Waals surface area contributed by atoms with Crippen LogP contribution >= 0.6 is 11.6 Å². The van der Waals surface area contributed by atoms with E-state index in [1.807, 2.05) is 19.1 Å². The van der Waals surface area contributed by atoms with Gasteiger partial charge in [-0.15, -0.1) is 0 Å². The zero-order valence-electron chi connectivity index (χ0n) is 17.4. The van der Waals surface area contributed by atoms with Crippen LogP contribution in [-0.4, -0.2) is 17.1 Å². The predicted octanol–water partition coefficient (Wildman–Crippen LogP) is 3.95. The molecule has 0 aliphatic heterocycles. The Kier molecular flexibility index (Phi) is 6.95. The van der Waals surface area contributed by atoms with Gasteiger partial charge in [0.25, 0.3) is 0 Å². The van der Waals surface area contributed by atoms with E-state index in [-0.39, 0.29) is 12.1 Å². The molecule has 0 radical (unpaired) electrons. The van der Waals surface area contributed by atoms with Crippen molar-refractivity contribution in [2.45, 2.75) is 40.3 Å². The van der Waals surface area contributed by atoms with Crippen LogP contribution in [0.5, 0.6) is 0 Å². The van der Waals surface area contributed by atoms with E-state index in [0.717, 1.165) is 12.1 Å². The number of hydrogen-bond donors (Lipinski definition) is 1. The number of nitrogens with zero attached hydrogens (tertiary/aromatic N) is 1. The number of aromatic carboxylic acids is 1. The van der Waals surface area contributed by atoms with Gasteiger partial charge in [-0.25, -0.2) is 4.39 Å². The quantitative estimate of drug-likeness (QED) is 0.554. The van der Waals surface area contributed by atoms with E-state index < -0.39 is 11.8 Å². The predicted molar refractivity (Wildman–Crippen MR) is 115 cm³/mol. The summed E-state index contributed by atoms with van der Waals surface area (Å²) in [5.74, 6) is -1.65. The van der Waals surface area contributed by atoms with Crippen LogP contribution in [-0.2, 0) is 19.5 Å². The van der Waals surface area contributed by atoms with E-state index in [1.165, 1.54) is 17.2 Å². The Hall–Kier alpha value is -2.63. The summed E-state index contributed by atoms with van der Waals surface area (Å²) in [7, 11) is 0. The summed E-state index contributed by atoms with van der Waals surface area (Å²) < 4.78 is 16.1. The van der Waals surface area contributed by atoms with Crippen molar-refractivity contribution in [2.75, 3.05) is 6.54 Å². The molecule has 3 aromatic rings. The molecule has 0 spiro atoms. The van der Waals surface area contributed by atoms with E-state index >= 15 is 0 Å². The van der Waals surface area contributed by atoms with Crippen LogP contribution in [0.2, 0.25) is 5.02 Å². The van der Waals surface area contributed by atoms with Gasteiger partial charge >= 0.3 is 0 Å². The van der Waals surface area contributed by atoms with Gasteiger partial charge < -0.3 is 19.8 Å². The first-order valence-electron chi connectivity index (χ1n) is 9.89. The van der Waals surface area contributed by atoms with Crippen LogP contribution in [0.3, 0.4) is 0 Å². The lowest BCUT2D eigenvalue weighted by Gasteiger charge is -2.12. The van der Waals surface area contributed by atoms with Crippen LogP contribution in [0.15, 0.2) is 42.5 Å². The number of nitrogens with one attached hydrogen (secondary N) is 1. The number of benzene rings is 2. The van der Waals surface area contributed by atoms with Crippen molar-refractivity contribution < 1.29 is 14.3 Å². The van der Waals surface area contributed by atoms with E-state index in [4.69, 9.17) is 11.6 Å². The van der Waals surface area contributed by atoms with Crippen molar-refractivity contribution in [3.8, 4) is 0 Å². The van der Waals surface area contributed by atoms with E-state index in [0.29, 0.717) is 34.9 Å². The van der Waals surface area contributed by atoms with E-state index in [1.54, 1.807) is 23.6 Å². The number of aryl methyl sites for hydroxylation is 1. The number of hydrogen-bond acceptors (Lipinski definition) is 3. The van der Waals surface area contributed by atoms with E-state index in [2.05, 4.69) is 24.4 Å². The highest BCUT2D eigenvalue weighted by atomic mass is 35.5. The monoisotopic (exact) mass is 427 g/mol. The topological polar surface area (TPSA) is 57.1 Å². The number of carboxylic acid groups (broad SMARTS) is 1. The van der Waals surface area contributed by atoms with Crippen molar-refractivity contribution in [2.24, 2.45) is 0 Å². The van der Waals surface area contributed by atoms with Gasteiger partial charge in [-0.05, 0) is 62.6 Å². The molecule has 1 heterocycles. The minimum absolute atomic E-state index is 0.156. The molecule has 0 unspecified atom stereocenters. The number of halogens is 2. The van der Waals surface area contributed by atoms with Crippen molar-refractivity contribution in [3.05, 3.63) is 92.5 Å². The lowest BCUT2D eigenvalue weighted by molar-refractivity contribution is -0.255. The number of aromatic nitrogens is 1. The fraction of sp³-hybridized carbons (Fsp3) is 0.292. The minimum atomic E-state index is -1.23. The Labute approximate surface area is 181 Å². The smallest absolute Gasteiger partial charge is 0.129 e. The van der Waals surface area contributed by atoms with Crippen LogP contribution in [0.4, 0.5) is 4.39 Å². The summed E-state index contributed by atoms with van der Waals surface area (Å²) >= 11 is 6.17. The molecule has 158 valence electrons. The van der Waals surface area contributed by atoms with Crippen molar-refractivity contribution in [1.29, 1.82) is 0 Å². The summed E-state index contributed by atoms with van der Waals surface area (Å²) in [5.41, 5.74) is 4.92. The maximum atomic E-state index is 14.3. The largest absolute Gasteiger partial charge is 0.545 e. The standard InChI is InChI=1S/C24H26ClFN2O2/c1-15-7-4-5-8-18(15)11-12-27-13-19-16(2)28(17(3)23(19)24(29)30)14-20-21(25)9-6-10-22(20)26/h4-10,27H,11-14H2,1-3H3,(H,29,30)/p-1. The van der Waals surface area contributed by atoms with Crippen molar-refractivity contribution in [1.82, 2.24) is 9.88 Å². The highest BCUT2D eigenvalue weighted by molar-refractivity contribution is 6.31. The first-order valence-corrected chi connectivity index (χ1v) is 10.3. The lowest BCUT2D eigenvalue weighted by Crippen LogP contribution is -2.26. The van der Waals surface area contributed by atoms with Crippen molar-refractivity contribution >= 4 is 17.6 Å². The average Bonchev–Trinajstić information content (AvgIpc) is 2.93. The molecule has 4 nitrogen and oxygen atoms in total. The Balaban J connectivity index is 1.81. The molecular weight excluding hydrogens is 403 g/mol. The normalized spacial score (nSPS) is 11.1. The second kappa shape index (κ2) is 9.45. The van der Waals surface area contributed by atoms with Crippen LogP contribution < -0.4 is 10.4 Å². The Morgan fingerprint density at radius 3 is 2.47 bits per heavy atom. The molecule has 0 aliphatic rings. The van der Waals surface area contributed by atoms with Crippen LogP contribution in [0.1, 0.15) is 44.0 Å². The average molecular weight is 428 g/mol. The molecule has 0 fully saturated rings. The lowest BCUT2D eigenvalue weighted by atomic mass is 10.1. The third-order valence-corrected chi connectivity index (χ3v) is 5.98. The number of rotatable bonds is 8. The Bertz CT molecular complexity index is 1060. The third-order valence-electron chi connectivity index (χ3n) is 5.63. The number of carbonyl (C=O) groups excluding carboxylic acids is 1. The van der Waals surface area contributed by atoms with Gasteiger partial charge in [-0.2, -0.15) is 0 Å². The van der Waals surface area contributed by atoms with Gasteiger partial charge in [0.1, 0.15) is 5.82 Å². The minimum Gasteiger partial charge on any atom is -0.545 e. The van der Waals surface area contributed by atoms with Gasteiger partial charge in [-0.3, -0.25) is 0 Å². The molecule has 2 aromatic carbocycles. The Morgan fingerprint density at radius 1 is 1.07 bits per heavy atom. The first-order chi connectivity index (χ1) is 14.3. The summed E-state index contributed by atoms with van der Waals surface area (Å²) in [4.78, 5) is 11.8. The summed E-state index contributed by atoms with van der Waals surface area (Å²) in [6.45, 7) is 6.88. The van der Waals surface area contributed by atoms with Crippen LogP contribution in [0, 0.1) is 26.6 Å². The molecule has 0 aliphatic carbocycles. The molecule has 3 rings (SSSR count). The maximum Gasteiger partial charge on any atom is 0.129 e. The molecular formula is C24H25ClFN2O2-. The zero-order valence-corrected chi connectivity index (χ0v) is 18.1. The molecule has 0 atom stereocenters. The number of carboxylic acids is 1. The van der Waals surface area contributed by atoms with Gasteiger partial charge in [0.15, 0.2) is 0 Å². The van der Waals surface area contributed by atoms with Crippen molar-refractivity contribution in [3.63, 3.8) is 0 Å². The van der Waals surface area contributed by atoms with E-state index in [9.17, 15) is 14.3 Å². The molecule has 0 saturated heterocycles.